The topological polar surface area (TPSA) is 57.6 Å². The van der Waals surface area contributed by atoms with E-state index in [0.717, 1.165) is 6.54 Å². The van der Waals surface area contributed by atoms with Crippen LogP contribution in [0.3, 0.4) is 0 Å². The molecule has 2 aliphatic rings. The van der Waals surface area contributed by atoms with Crippen molar-refractivity contribution in [1.82, 2.24) is 0 Å². The second-order valence-electron chi connectivity index (χ2n) is 8.23. The molecule has 1 unspecified atom stereocenters. The molecule has 1 fully saturated rings. The van der Waals surface area contributed by atoms with Gasteiger partial charge in [-0.1, -0.05) is 39.0 Å². The van der Waals surface area contributed by atoms with E-state index in [-0.39, 0.29) is 16.9 Å². The molecule has 0 bridgehead atoms. The maximum Gasteiger partial charge on any atom is 0.150 e. The van der Waals surface area contributed by atoms with Crippen LogP contribution in [0.2, 0.25) is 0 Å². The number of hydrogen-bond acceptors (Lipinski definition) is 4. The lowest BCUT2D eigenvalue weighted by molar-refractivity contribution is 0.0372. The predicted octanol–water partition coefficient (Wildman–Crippen LogP) is 2.58. The summed E-state index contributed by atoms with van der Waals surface area (Å²) in [5, 5.41) is 10.9. The van der Waals surface area contributed by atoms with Gasteiger partial charge < -0.3 is 10.0 Å². The first-order valence-corrected chi connectivity index (χ1v) is 10.2. The fourth-order valence-corrected chi connectivity index (χ4v) is 5.39. The van der Waals surface area contributed by atoms with Crippen LogP contribution >= 0.6 is 0 Å². The Hall–Kier alpha value is -1.07. The molecular formula is C18H27NO3S. The number of benzene rings is 1. The second-order valence-corrected chi connectivity index (χ2v) is 10.5. The quantitative estimate of drug-likeness (QED) is 0.901. The van der Waals surface area contributed by atoms with Crippen LogP contribution in [0, 0.1) is 5.41 Å². The zero-order valence-corrected chi connectivity index (χ0v) is 15.1. The number of sulfone groups is 1. The monoisotopic (exact) mass is 337 g/mol. The van der Waals surface area contributed by atoms with E-state index in [9.17, 15) is 13.5 Å². The number of β-amino-alcohol motifs (C(OH)–C–C–N with tert-alkyl or cyclic N) is 1. The number of hydrogen-bond donors (Lipinski definition) is 1. The van der Waals surface area contributed by atoms with E-state index < -0.39 is 15.4 Å². The molecule has 128 valence electrons. The minimum Gasteiger partial charge on any atom is -0.388 e. The van der Waals surface area contributed by atoms with E-state index in [1.165, 1.54) is 11.3 Å². The van der Waals surface area contributed by atoms with E-state index >= 15 is 0 Å². The molecule has 0 radical (unpaired) electrons. The van der Waals surface area contributed by atoms with Crippen LogP contribution < -0.4 is 4.90 Å². The number of nitrogens with zero attached hydrogens (tertiary/aromatic N) is 1. The largest absolute Gasteiger partial charge is 0.388 e. The number of fused-ring (bicyclic) bond motifs is 1. The third-order valence-corrected chi connectivity index (χ3v) is 7.00. The maximum atomic E-state index is 11.6. The van der Waals surface area contributed by atoms with E-state index in [1.807, 2.05) is 6.07 Å². The highest BCUT2D eigenvalue weighted by molar-refractivity contribution is 7.91. The van der Waals surface area contributed by atoms with Gasteiger partial charge in [0.15, 0.2) is 9.84 Å². The average molecular weight is 337 g/mol. The van der Waals surface area contributed by atoms with Gasteiger partial charge in [-0.15, -0.1) is 0 Å². The summed E-state index contributed by atoms with van der Waals surface area (Å²) < 4.78 is 23.3. The zero-order chi connectivity index (χ0) is 16.9. The van der Waals surface area contributed by atoms with Gasteiger partial charge in [0, 0.05) is 24.7 Å². The summed E-state index contributed by atoms with van der Waals surface area (Å²) in [5.74, 6) is 0.623. The lowest BCUT2D eigenvalue weighted by Crippen LogP contribution is -2.48. The second kappa shape index (κ2) is 5.49. The van der Waals surface area contributed by atoms with Crippen molar-refractivity contribution >= 4 is 15.5 Å². The number of anilines is 1. The third kappa shape index (κ3) is 3.41. The van der Waals surface area contributed by atoms with Gasteiger partial charge >= 0.3 is 0 Å². The Morgan fingerprint density at radius 3 is 2.43 bits per heavy atom. The summed E-state index contributed by atoms with van der Waals surface area (Å²) in [7, 11) is -2.96. The van der Waals surface area contributed by atoms with Crippen molar-refractivity contribution < 1.29 is 13.5 Å². The molecule has 3 rings (SSSR count). The number of rotatable bonds is 2. The molecule has 1 N–H and O–H groups in total. The van der Waals surface area contributed by atoms with Gasteiger partial charge in [0.1, 0.15) is 0 Å². The van der Waals surface area contributed by atoms with Crippen molar-refractivity contribution in [2.75, 3.05) is 29.5 Å². The Labute approximate surface area is 139 Å². The minimum atomic E-state index is -2.96. The first-order chi connectivity index (χ1) is 10.6. The summed E-state index contributed by atoms with van der Waals surface area (Å²) in [4.78, 5) is 2.25. The molecule has 2 heterocycles. The molecule has 1 aromatic carbocycles. The molecule has 0 saturated carbocycles. The van der Waals surface area contributed by atoms with Crippen LogP contribution in [-0.4, -0.2) is 43.7 Å². The van der Waals surface area contributed by atoms with Gasteiger partial charge in [0.2, 0.25) is 0 Å². The van der Waals surface area contributed by atoms with E-state index in [2.05, 4.69) is 43.9 Å². The Kier molecular flexibility index (Phi) is 4.00. The van der Waals surface area contributed by atoms with E-state index in [0.29, 0.717) is 25.3 Å². The fourth-order valence-electron chi connectivity index (χ4n) is 3.81. The third-order valence-electron chi connectivity index (χ3n) is 5.34. The van der Waals surface area contributed by atoms with Crippen LogP contribution in [0.25, 0.3) is 0 Å². The summed E-state index contributed by atoms with van der Waals surface area (Å²) in [6, 6.07) is 8.40. The SMILES string of the molecule is CC(C)(C)C1CN(CC2(O)CCS(=O)(=O)CC2)c2ccccc21. The first kappa shape index (κ1) is 16.8. The molecule has 0 amide bonds. The van der Waals surface area contributed by atoms with Crippen molar-refractivity contribution in [3.63, 3.8) is 0 Å². The lowest BCUT2D eigenvalue weighted by atomic mass is 9.78. The van der Waals surface area contributed by atoms with Crippen molar-refractivity contribution in [1.29, 1.82) is 0 Å². The first-order valence-electron chi connectivity index (χ1n) is 8.36. The van der Waals surface area contributed by atoms with Gasteiger partial charge in [-0.2, -0.15) is 0 Å². The van der Waals surface area contributed by atoms with Gasteiger partial charge in [0.25, 0.3) is 0 Å². The molecule has 0 aromatic heterocycles. The predicted molar refractivity (Wildman–Crippen MR) is 93.7 cm³/mol. The molecule has 4 nitrogen and oxygen atoms in total. The summed E-state index contributed by atoms with van der Waals surface area (Å²) in [6.45, 7) is 8.16. The fraction of sp³-hybridized carbons (Fsp3) is 0.667. The Morgan fingerprint density at radius 2 is 1.83 bits per heavy atom. The van der Waals surface area contributed by atoms with E-state index in [4.69, 9.17) is 0 Å². The molecule has 1 aromatic rings. The van der Waals surface area contributed by atoms with Crippen molar-refractivity contribution in [3.05, 3.63) is 29.8 Å². The summed E-state index contributed by atoms with van der Waals surface area (Å²) in [5.41, 5.74) is 1.79. The smallest absolute Gasteiger partial charge is 0.150 e. The summed E-state index contributed by atoms with van der Waals surface area (Å²) in [6.07, 6.45) is 0.683. The molecule has 0 spiro atoms. The van der Waals surface area contributed by atoms with E-state index in [1.54, 1.807) is 0 Å². The average Bonchev–Trinajstić information content (AvgIpc) is 2.82. The Bertz CT molecular complexity index is 676. The van der Waals surface area contributed by atoms with Crippen molar-refractivity contribution in [2.45, 2.75) is 45.1 Å². The number of para-hydroxylation sites is 1. The Balaban J connectivity index is 1.82. The van der Waals surface area contributed by atoms with Crippen LogP contribution in [0.1, 0.15) is 45.1 Å². The highest BCUT2D eigenvalue weighted by Gasteiger charge is 2.41. The summed E-state index contributed by atoms with van der Waals surface area (Å²) >= 11 is 0. The molecule has 5 heteroatoms. The van der Waals surface area contributed by atoms with Crippen molar-refractivity contribution in [2.24, 2.45) is 5.41 Å². The lowest BCUT2D eigenvalue weighted by Gasteiger charge is -2.37. The normalized spacial score (nSPS) is 26.1. The molecule has 2 aliphatic heterocycles. The molecule has 1 saturated heterocycles. The van der Waals surface area contributed by atoms with Gasteiger partial charge in [-0.05, 0) is 29.9 Å². The van der Waals surface area contributed by atoms with Gasteiger partial charge in [-0.3, -0.25) is 0 Å². The highest BCUT2D eigenvalue weighted by Crippen LogP contribution is 2.46. The molecule has 23 heavy (non-hydrogen) atoms. The molecular weight excluding hydrogens is 310 g/mol. The zero-order valence-electron chi connectivity index (χ0n) is 14.2. The van der Waals surface area contributed by atoms with Crippen LogP contribution in [0.5, 0.6) is 0 Å². The van der Waals surface area contributed by atoms with Crippen LogP contribution in [0.4, 0.5) is 5.69 Å². The van der Waals surface area contributed by atoms with Crippen LogP contribution in [-0.2, 0) is 9.84 Å². The Morgan fingerprint density at radius 1 is 1.22 bits per heavy atom. The highest BCUT2D eigenvalue weighted by atomic mass is 32.2. The minimum absolute atomic E-state index is 0.0989. The maximum absolute atomic E-state index is 11.6. The molecule has 1 atom stereocenters. The molecule has 0 aliphatic carbocycles. The van der Waals surface area contributed by atoms with Crippen molar-refractivity contribution in [3.8, 4) is 0 Å². The van der Waals surface area contributed by atoms with Crippen LogP contribution in [0.15, 0.2) is 24.3 Å². The number of aliphatic hydroxyl groups is 1. The standard InChI is InChI=1S/C18H27NO3S/c1-17(2,3)15-12-19(16-7-5-4-6-14(15)16)13-18(20)8-10-23(21,22)11-9-18/h4-7,15,20H,8-13H2,1-3H3. The van der Waals surface area contributed by atoms with Gasteiger partial charge in [0.05, 0.1) is 17.1 Å². The van der Waals surface area contributed by atoms with Gasteiger partial charge in [-0.25, -0.2) is 8.42 Å².